The van der Waals surface area contributed by atoms with Gasteiger partial charge in [-0.05, 0) is 23.3 Å². The largest absolute Gasteiger partial charge is 0.322 e. The third-order valence-corrected chi connectivity index (χ3v) is 3.08. The molecule has 1 N–H and O–H groups in total. The molecule has 3 rings (SSSR count). The van der Waals surface area contributed by atoms with E-state index in [4.69, 9.17) is 0 Å². The van der Waals surface area contributed by atoms with E-state index in [1.54, 1.807) is 0 Å². The molecule has 1 aliphatic heterocycles. The van der Waals surface area contributed by atoms with Gasteiger partial charge in [-0.3, -0.25) is 4.79 Å². The molecule has 0 aromatic heterocycles. The predicted molar refractivity (Wildman–Crippen MR) is 73.2 cm³/mol. The molecule has 88 valence electrons. The van der Waals surface area contributed by atoms with Crippen LogP contribution in [0.5, 0.6) is 0 Å². The van der Waals surface area contributed by atoms with E-state index in [1.165, 1.54) is 5.56 Å². The van der Waals surface area contributed by atoms with Crippen molar-refractivity contribution in [1.82, 2.24) is 0 Å². The third-order valence-electron chi connectivity index (χ3n) is 3.08. The Labute approximate surface area is 106 Å². The van der Waals surface area contributed by atoms with Crippen molar-refractivity contribution < 1.29 is 4.79 Å². The van der Waals surface area contributed by atoms with E-state index in [2.05, 4.69) is 5.32 Å². The van der Waals surface area contributed by atoms with Gasteiger partial charge in [0.1, 0.15) is 0 Å². The molecule has 0 atom stereocenters. The van der Waals surface area contributed by atoms with Gasteiger partial charge in [-0.1, -0.05) is 48.5 Å². The number of carbonyl (C=O) groups excluding carboxylic acids is 1. The molecule has 0 bridgehead atoms. The molecule has 18 heavy (non-hydrogen) atoms. The Morgan fingerprint density at radius 2 is 1.67 bits per heavy atom. The van der Waals surface area contributed by atoms with Crippen LogP contribution < -0.4 is 5.32 Å². The van der Waals surface area contributed by atoms with Crippen LogP contribution in [0.4, 0.5) is 5.69 Å². The van der Waals surface area contributed by atoms with E-state index < -0.39 is 0 Å². The molecular formula is C16H13NO. The van der Waals surface area contributed by atoms with E-state index in [1.807, 2.05) is 60.7 Å². The summed E-state index contributed by atoms with van der Waals surface area (Å²) in [7, 11) is 0. The van der Waals surface area contributed by atoms with E-state index >= 15 is 0 Å². The summed E-state index contributed by atoms with van der Waals surface area (Å²) in [4.78, 5) is 12.0. The van der Waals surface area contributed by atoms with Gasteiger partial charge in [0, 0.05) is 17.7 Å². The lowest BCUT2D eigenvalue weighted by Crippen LogP contribution is -2.21. The fraction of sp³-hybridized carbons (Fsp3) is 0.0625. The lowest BCUT2D eigenvalue weighted by atomic mass is 9.97. The molecule has 0 radical (unpaired) electrons. The summed E-state index contributed by atoms with van der Waals surface area (Å²) in [6.07, 6.45) is 2.64. The molecule has 0 unspecified atom stereocenters. The van der Waals surface area contributed by atoms with Crippen LogP contribution in [0.2, 0.25) is 0 Å². The first-order valence-corrected chi connectivity index (χ1v) is 5.98. The van der Waals surface area contributed by atoms with Crippen LogP contribution in [0.15, 0.2) is 60.2 Å². The standard InChI is InChI=1S/C16H13NO/c18-16-14(10-12-6-2-1-3-7-12)11-13-8-4-5-9-15(13)17-16/h1-10H,11H2,(H,17,18)/b14-10+. The first kappa shape index (κ1) is 10.8. The normalized spacial score (nSPS) is 16.2. The Morgan fingerprint density at radius 1 is 0.944 bits per heavy atom. The Bertz CT molecular complexity index is 614. The maximum Gasteiger partial charge on any atom is 0.251 e. The summed E-state index contributed by atoms with van der Waals surface area (Å²) in [6.45, 7) is 0. The molecule has 2 heteroatoms. The van der Waals surface area contributed by atoms with Gasteiger partial charge in [0.2, 0.25) is 0 Å². The summed E-state index contributed by atoms with van der Waals surface area (Å²) in [5, 5.41) is 2.92. The fourth-order valence-corrected chi connectivity index (χ4v) is 2.15. The fourth-order valence-electron chi connectivity index (χ4n) is 2.15. The molecule has 2 aromatic carbocycles. The lowest BCUT2D eigenvalue weighted by molar-refractivity contribution is -0.113. The van der Waals surface area contributed by atoms with Gasteiger partial charge in [0.15, 0.2) is 0 Å². The van der Waals surface area contributed by atoms with Crippen molar-refractivity contribution in [2.45, 2.75) is 6.42 Å². The maximum atomic E-state index is 12.0. The van der Waals surface area contributed by atoms with Crippen molar-refractivity contribution in [3.63, 3.8) is 0 Å². The number of hydrogen-bond acceptors (Lipinski definition) is 1. The van der Waals surface area contributed by atoms with Crippen LogP contribution in [0.25, 0.3) is 6.08 Å². The van der Waals surface area contributed by atoms with Gasteiger partial charge in [-0.2, -0.15) is 0 Å². The van der Waals surface area contributed by atoms with Crippen LogP contribution in [-0.2, 0) is 11.2 Å². The first-order valence-electron chi connectivity index (χ1n) is 5.98. The summed E-state index contributed by atoms with van der Waals surface area (Å²) in [5.41, 5.74) is 3.95. The highest BCUT2D eigenvalue weighted by atomic mass is 16.1. The molecule has 2 aromatic rings. The maximum absolute atomic E-state index is 12.0. The zero-order valence-electron chi connectivity index (χ0n) is 9.89. The minimum absolute atomic E-state index is 0.00227. The molecule has 0 aliphatic carbocycles. The third kappa shape index (κ3) is 2.05. The van der Waals surface area contributed by atoms with Gasteiger partial charge >= 0.3 is 0 Å². The van der Waals surface area contributed by atoms with Crippen molar-refractivity contribution in [2.24, 2.45) is 0 Å². The summed E-state index contributed by atoms with van der Waals surface area (Å²) >= 11 is 0. The number of hydrogen-bond donors (Lipinski definition) is 1. The van der Waals surface area contributed by atoms with Crippen LogP contribution in [0, 0.1) is 0 Å². The Morgan fingerprint density at radius 3 is 2.50 bits per heavy atom. The number of amides is 1. The molecule has 0 saturated heterocycles. The monoisotopic (exact) mass is 235 g/mol. The molecule has 1 aliphatic rings. The molecule has 0 spiro atoms. The van der Waals surface area contributed by atoms with E-state index in [-0.39, 0.29) is 5.91 Å². The zero-order valence-corrected chi connectivity index (χ0v) is 9.89. The van der Waals surface area contributed by atoms with Gasteiger partial charge in [-0.15, -0.1) is 0 Å². The van der Waals surface area contributed by atoms with Crippen LogP contribution in [0.1, 0.15) is 11.1 Å². The highest BCUT2D eigenvalue weighted by Gasteiger charge is 2.18. The molecule has 1 heterocycles. The van der Waals surface area contributed by atoms with Gasteiger partial charge in [-0.25, -0.2) is 0 Å². The second-order valence-corrected chi connectivity index (χ2v) is 4.37. The summed E-state index contributed by atoms with van der Waals surface area (Å²) in [5.74, 6) is -0.00227. The number of fused-ring (bicyclic) bond motifs is 1. The Balaban J connectivity index is 1.96. The lowest BCUT2D eigenvalue weighted by Gasteiger charge is -2.19. The van der Waals surface area contributed by atoms with E-state index in [0.29, 0.717) is 6.42 Å². The van der Waals surface area contributed by atoms with E-state index in [0.717, 1.165) is 16.8 Å². The number of carbonyl (C=O) groups is 1. The Kier molecular flexibility index (Phi) is 2.69. The van der Waals surface area contributed by atoms with Crippen molar-refractivity contribution in [3.8, 4) is 0 Å². The van der Waals surface area contributed by atoms with Crippen molar-refractivity contribution in [2.75, 3.05) is 5.32 Å². The van der Waals surface area contributed by atoms with Crippen LogP contribution >= 0.6 is 0 Å². The van der Waals surface area contributed by atoms with Gasteiger partial charge < -0.3 is 5.32 Å². The van der Waals surface area contributed by atoms with Crippen molar-refractivity contribution in [1.29, 1.82) is 0 Å². The predicted octanol–water partition coefficient (Wildman–Crippen LogP) is 3.26. The number of nitrogens with one attached hydrogen (secondary N) is 1. The van der Waals surface area contributed by atoms with Gasteiger partial charge in [0.25, 0.3) is 5.91 Å². The molecule has 0 saturated carbocycles. The molecular weight excluding hydrogens is 222 g/mol. The van der Waals surface area contributed by atoms with Crippen molar-refractivity contribution >= 4 is 17.7 Å². The number of benzene rings is 2. The SMILES string of the molecule is O=C1Nc2ccccc2C/C1=C\c1ccccc1. The quantitative estimate of drug-likeness (QED) is 0.755. The number of rotatable bonds is 1. The number of anilines is 1. The highest BCUT2D eigenvalue weighted by Crippen LogP contribution is 2.25. The highest BCUT2D eigenvalue weighted by molar-refractivity contribution is 6.09. The smallest absolute Gasteiger partial charge is 0.251 e. The van der Waals surface area contributed by atoms with Crippen LogP contribution in [0.3, 0.4) is 0 Å². The first-order chi connectivity index (χ1) is 8.83. The molecule has 2 nitrogen and oxygen atoms in total. The van der Waals surface area contributed by atoms with Crippen molar-refractivity contribution in [3.05, 3.63) is 71.3 Å². The van der Waals surface area contributed by atoms with Gasteiger partial charge in [0.05, 0.1) is 0 Å². The topological polar surface area (TPSA) is 29.1 Å². The number of para-hydroxylation sites is 1. The summed E-state index contributed by atoms with van der Waals surface area (Å²) in [6, 6.07) is 17.8. The zero-order chi connectivity index (χ0) is 12.4. The molecule has 1 amide bonds. The minimum Gasteiger partial charge on any atom is -0.322 e. The minimum atomic E-state index is -0.00227. The second-order valence-electron chi connectivity index (χ2n) is 4.37. The second kappa shape index (κ2) is 4.49. The Hall–Kier alpha value is -2.35. The average molecular weight is 235 g/mol. The average Bonchev–Trinajstić information content (AvgIpc) is 2.41. The van der Waals surface area contributed by atoms with E-state index in [9.17, 15) is 4.79 Å². The molecule has 0 fully saturated rings. The summed E-state index contributed by atoms with van der Waals surface area (Å²) < 4.78 is 0. The van der Waals surface area contributed by atoms with Crippen LogP contribution in [-0.4, -0.2) is 5.91 Å².